The Morgan fingerprint density at radius 2 is 1.68 bits per heavy atom. The molecule has 0 aliphatic carbocycles. The van der Waals surface area contributed by atoms with Gasteiger partial charge in [0.1, 0.15) is 11.6 Å². The van der Waals surface area contributed by atoms with Crippen LogP contribution < -0.4 is 14.8 Å². The van der Waals surface area contributed by atoms with E-state index in [-0.39, 0.29) is 31.4 Å². The summed E-state index contributed by atoms with van der Waals surface area (Å²) in [5, 5.41) is 3.01. The minimum atomic E-state index is -3.97. The maximum absolute atomic E-state index is 13.0. The Kier molecular flexibility index (Phi) is 7.27. The highest BCUT2D eigenvalue weighted by atomic mass is 35.5. The SMILES string of the molecule is O=C(COc1ccc(S(=O)(=O)Nc2ccc(F)cc2)cc1Cl)Nc1cccc(Cl)c1Cl. The van der Waals surface area contributed by atoms with Gasteiger partial charge in [-0.15, -0.1) is 0 Å². The van der Waals surface area contributed by atoms with Crippen LogP contribution in [0.25, 0.3) is 0 Å². The number of halogens is 4. The topological polar surface area (TPSA) is 84.5 Å². The number of hydrogen-bond donors (Lipinski definition) is 2. The quantitative estimate of drug-likeness (QED) is 0.439. The number of benzene rings is 3. The molecule has 0 bridgehead atoms. The van der Waals surface area contributed by atoms with Crippen molar-refractivity contribution >= 4 is 62.1 Å². The zero-order valence-corrected chi connectivity index (χ0v) is 18.6. The van der Waals surface area contributed by atoms with Crippen molar-refractivity contribution in [2.75, 3.05) is 16.6 Å². The molecule has 0 radical (unpaired) electrons. The Hall–Kier alpha value is -2.52. The molecule has 0 fully saturated rings. The summed E-state index contributed by atoms with van der Waals surface area (Å²) in [6, 6.07) is 13.4. The Labute approximate surface area is 192 Å². The number of anilines is 2. The lowest BCUT2D eigenvalue weighted by Gasteiger charge is -2.12. The third kappa shape index (κ3) is 6.01. The second-order valence-corrected chi connectivity index (χ2v) is 9.02. The number of sulfonamides is 1. The summed E-state index contributed by atoms with van der Waals surface area (Å²) < 4.78 is 45.6. The van der Waals surface area contributed by atoms with E-state index in [0.717, 1.165) is 12.1 Å². The van der Waals surface area contributed by atoms with Crippen molar-refractivity contribution in [2.24, 2.45) is 0 Å². The van der Waals surface area contributed by atoms with Crippen molar-refractivity contribution in [3.63, 3.8) is 0 Å². The Balaban J connectivity index is 1.65. The molecule has 2 N–H and O–H groups in total. The van der Waals surface area contributed by atoms with Crippen molar-refractivity contribution in [1.29, 1.82) is 0 Å². The van der Waals surface area contributed by atoms with E-state index < -0.39 is 28.4 Å². The molecule has 0 atom stereocenters. The van der Waals surface area contributed by atoms with Gasteiger partial charge in [-0.05, 0) is 54.6 Å². The predicted octanol–water partition coefficient (Wildman–Crippen LogP) is 5.60. The highest BCUT2D eigenvalue weighted by Crippen LogP contribution is 2.30. The largest absolute Gasteiger partial charge is 0.482 e. The number of amides is 1. The fourth-order valence-electron chi connectivity index (χ4n) is 2.43. The summed E-state index contributed by atoms with van der Waals surface area (Å²) in [5.74, 6) is -0.904. The maximum atomic E-state index is 13.0. The van der Waals surface area contributed by atoms with E-state index in [4.69, 9.17) is 39.5 Å². The van der Waals surface area contributed by atoms with E-state index in [0.29, 0.717) is 5.69 Å². The first-order chi connectivity index (χ1) is 14.7. The predicted molar refractivity (Wildman–Crippen MR) is 119 cm³/mol. The minimum Gasteiger partial charge on any atom is -0.482 e. The molecule has 31 heavy (non-hydrogen) atoms. The molecular formula is C20H14Cl3FN2O4S. The number of hydrogen-bond acceptors (Lipinski definition) is 4. The number of rotatable bonds is 7. The third-order valence-electron chi connectivity index (χ3n) is 3.89. The Morgan fingerprint density at radius 3 is 2.35 bits per heavy atom. The van der Waals surface area contributed by atoms with Crippen LogP contribution in [0.1, 0.15) is 0 Å². The molecule has 0 saturated carbocycles. The van der Waals surface area contributed by atoms with E-state index >= 15 is 0 Å². The van der Waals surface area contributed by atoms with Crippen LogP contribution in [0.15, 0.2) is 65.6 Å². The lowest BCUT2D eigenvalue weighted by Crippen LogP contribution is -2.20. The molecule has 0 aliphatic heterocycles. The zero-order chi connectivity index (χ0) is 22.6. The van der Waals surface area contributed by atoms with Gasteiger partial charge in [0.2, 0.25) is 0 Å². The summed E-state index contributed by atoms with van der Waals surface area (Å²) >= 11 is 18.0. The number of nitrogens with one attached hydrogen (secondary N) is 2. The van der Waals surface area contributed by atoms with Crippen LogP contribution in [0.3, 0.4) is 0 Å². The van der Waals surface area contributed by atoms with Crippen molar-refractivity contribution in [3.8, 4) is 5.75 Å². The van der Waals surface area contributed by atoms with Gasteiger partial charge in [-0.3, -0.25) is 9.52 Å². The van der Waals surface area contributed by atoms with Crippen LogP contribution in [0.2, 0.25) is 15.1 Å². The van der Waals surface area contributed by atoms with Gasteiger partial charge in [-0.1, -0.05) is 40.9 Å². The van der Waals surface area contributed by atoms with E-state index in [1.165, 1.54) is 30.3 Å². The standard InChI is InChI=1S/C20H14Cl3FN2O4S/c21-15-2-1-3-17(20(15)23)25-19(27)11-30-18-9-8-14(10-16(18)22)31(28,29)26-13-6-4-12(24)5-7-13/h1-10,26H,11H2,(H,25,27). The summed E-state index contributed by atoms with van der Waals surface area (Å²) in [5.41, 5.74) is 0.511. The second kappa shape index (κ2) is 9.74. The number of carbonyl (C=O) groups excluding carboxylic acids is 1. The zero-order valence-electron chi connectivity index (χ0n) is 15.5. The van der Waals surface area contributed by atoms with Gasteiger partial charge in [-0.2, -0.15) is 0 Å². The van der Waals surface area contributed by atoms with Gasteiger partial charge in [0.15, 0.2) is 6.61 Å². The Bertz CT molecular complexity index is 1220. The van der Waals surface area contributed by atoms with Gasteiger partial charge in [0.05, 0.1) is 25.7 Å². The smallest absolute Gasteiger partial charge is 0.262 e. The molecule has 0 aliphatic rings. The maximum Gasteiger partial charge on any atom is 0.262 e. The van der Waals surface area contributed by atoms with E-state index in [9.17, 15) is 17.6 Å². The van der Waals surface area contributed by atoms with Gasteiger partial charge >= 0.3 is 0 Å². The molecule has 3 aromatic rings. The molecule has 0 heterocycles. The van der Waals surface area contributed by atoms with Gasteiger partial charge in [0, 0.05) is 5.69 Å². The summed E-state index contributed by atoms with van der Waals surface area (Å²) in [6.07, 6.45) is 0. The molecule has 0 spiro atoms. The van der Waals surface area contributed by atoms with Crippen LogP contribution in [0, 0.1) is 5.82 Å². The average Bonchev–Trinajstić information content (AvgIpc) is 2.72. The normalized spacial score (nSPS) is 11.1. The molecule has 0 saturated heterocycles. The van der Waals surface area contributed by atoms with E-state index in [1.807, 2.05) is 0 Å². The summed E-state index contributed by atoms with van der Waals surface area (Å²) in [4.78, 5) is 12.0. The van der Waals surface area contributed by atoms with E-state index in [2.05, 4.69) is 10.0 Å². The first-order valence-electron chi connectivity index (χ1n) is 8.60. The number of carbonyl (C=O) groups is 1. The molecule has 0 aromatic heterocycles. The molecular weight excluding hydrogens is 490 g/mol. The van der Waals surface area contributed by atoms with Crippen molar-refractivity contribution < 1.29 is 22.3 Å². The molecule has 0 unspecified atom stereocenters. The lowest BCUT2D eigenvalue weighted by molar-refractivity contribution is -0.118. The highest BCUT2D eigenvalue weighted by molar-refractivity contribution is 7.92. The fraction of sp³-hybridized carbons (Fsp3) is 0.0500. The first-order valence-corrected chi connectivity index (χ1v) is 11.2. The monoisotopic (exact) mass is 502 g/mol. The fourth-order valence-corrected chi connectivity index (χ4v) is 4.16. The summed E-state index contributed by atoms with van der Waals surface area (Å²) in [7, 11) is -3.97. The molecule has 3 rings (SSSR count). The number of ether oxygens (including phenoxy) is 1. The van der Waals surface area contributed by atoms with Gasteiger partial charge in [0.25, 0.3) is 15.9 Å². The van der Waals surface area contributed by atoms with Gasteiger partial charge in [-0.25, -0.2) is 12.8 Å². The third-order valence-corrected chi connectivity index (χ3v) is 6.39. The van der Waals surface area contributed by atoms with Crippen LogP contribution in [0.5, 0.6) is 5.75 Å². The molecule has 1 amide bonds. The van der Waals surface area contributed by atoms with Crippen LogP contribution >= 0.6 is 34.8 Å². The van der Waals surface area contributed by atoms with Crippen molar-refractivity contribution in [2.45, 2.75) is 4.90 Å². The Morgan fingerprint density at radius 1 is 0.968 bits per heavy atom. The molecule has 3 aromatic carbocycles. The summed E-state index contributed by atoms with van der Waals surface area (Å²) in [6.45, 7) is -0.400. The highest BCUT2D eigenvalue weighted by Gasteiger charge is 2.17. The van der Waals surface area contributed by atoms with Crippen molar-refractivity contribution in [1.82, 2.24) is 0 Å². The molecule has 162 valence electrons. The van der Waals surface area contributed by atoms with Crippen LogP contribution in [0.4, 0.5) is 15.8 Å². The first kappa shape index (κ1) is 23.1. The van der Waals surface area contributed by atoms with Crippen LogP contribution in [-0.4, -0.2) is 20.9 Å². The van der Waals surface area contributed by atoms with Crippen molar-refractivity contribution in [3.05, 3.63) is 81.5 Å². The molecule has 6 nitrogen and oxygen atoms in total. The minimum absolute atomic E-state index is 0.0180. The lowest BCUT2D eigenvalue weighted by atomic mass is 10.3. The van der Waals surface area contributed by atoms with Gasteiger partial charge < -0.3 is 10.1 Å². The van der Waals surface area contributed by atoms with Crippen LogP contribution in [-0.2, 0) is 14.8 Å². The van der Waals surface area contributed by atoms with E-state index in [1.54, 1.807) is 18.2 Å². The average molecular weight is 504 g/mol. The molecule has 11 heteroatoms. The second-order valence-electron chi connectivity index (χ2n) is 6.14.